The zero-order valence-corrected chi connectivity index (χ0v) is 12.8. The molecule has 1 saturated carbocycles. The largest absolute Gasteiger partial charge is 0.308 e. The molecule has 2 aliphatic rings. The second-order valence-corrected chi connectivity index (χ2v) is 6.62. The third kappa shape index (κ3) is 2.91. The zero-order chi connectivity index (χ0) is 13.8. The van der Waals surface area contributed by atoms with Crippen molar-refractivity contribution < 1.29 is 0 Å². The molecule has 1 N–H and O–H groups in total. The Hall–Kier alpha value is -0.860. The second kappa shape index (κ2) is 6.28. The summed E-state index contributed by atoms with van der Waals surface area (Å²) < 4.78 is 0. The molecule has 110 valence electrons. The maximum Gasteiger partial charge on any atom is 0.0473 e. The lowest BCUT2D eigenvalue weighted by atomic mass is 9.79. The van der Waals surface area contributed by atoms with Crippen LogP contribution in [0.2, 0.25) is 0 Å². The molecule has 3 rings (SSSR count). The SMILES string of the molecule is CCCN1CC2(CCCCC2)NCC1c1ccccc1. The molecule has 0 radical (unpaired) electrons. The van der Waals surface area contributed by atoms with Crippen molar-refractivity contribution in [3.63, 3.8) is 0 Å². The van der Waals surface area contributed by atoms with E-state index < -0.39 is 0 Å². The fourth-order valence-electron chi connectivity index (χ4n) is 4.09. The van der Waals surface area contributed by atoms with E-state index in [1.807, 2.05) is 0 Å². The van der Waals surface area contributed by atoms with Crippen LogP contribution in [0.5, 0.6) is 0 Å². The summed E-state index contributed by atoms with van der Waals surface area (Å²) in [4.78, 5) is 2.73. The predicted molar refractivity (Wildman–Crippen MR) is 84.9 cm³/mol. The van der Waals surface area contributed by atoms with E-state index >= 15 is 0 Å². The first kappa shape index (κ1) is 14.1. The van der Waals surface area contributed by atoms with Crippen LogP contribution >= 0.6 is 0 Å². The topological polar surface area (TPSA) is 15.3 Å². The highest BCUT2D eigenvalue weighted by Crippen LogP contribution is 2.35. The molecule has 2 heteroatoms. The van der Waals surface area contributed by atoms with E-state index in [2.05, 4.69) is 47.5 Å². The summed E-state index contributed by atoms with van der Waals surface area (Å²) in [7, 11) is 0. The molecule has 1 aliphatic carbocycles. The lowest BCUT2D eigenvalue weighted by Gasteiger charge is -2.50. The Labute approximate surface area is 123 Å². The van der Waals surface area contributed by atoms with Gasteiger partial charge in [0.1, 0.15) is 0 Å². The number of rotatable bonds is 3. The molecule has 1 unspecified atom stereocenters. The summed E-state index contributed by atoms with van der Waals surface area (Å²) in [6.07, 6.45) is 8.23. The number of hydrogen-bond donors (Lipinski definition) is 1. The number of piperazine rings is 1. The second-order valence-electron chi connectivity index (χ2n) is 6.62. The molecular formula is C18H28N2. The minimum atomic E-state index is 0.415. The van der Waals surface area contributed by atoms with Gasteiger partial charge in [0.25, 0.3) is 0 Å². The Kier molecular flexibility index (Phi) is 4.42. The van der Waals surface area contributed by atoms with E-state index in [-0.39, 0.29) is 0 Å². The highest BCUT2D eigenvalue weighted by molar-refractivity contribution is 5.21. The van der Waals surface area contributed by atoms with Gasteiger partial charge in [0.15, 0.2) is 0 Å². The molecule has 1 aliphatic heterocycles. The average Bonchev–Trinajstić information content (AvgIpc) is 2.50. The van der Waals surface area contributed by atoms with Crippen LogP contribution in [0.3, 0.4) is 0 Å². The molecule has 2 nitrogen and oxygen atoms in total. The molecule has 0 amide bonds. The van der Waals surface area contributed by atoms with E-state index in [1.165, 1.54) is 57.2 Å². The van der Waals surface area contributed by atoms with Crippen LogP contribution in [0.4, 0.5) is 0 Å². The Morgan fingerprint density at radius 1 is 1.15 bits per heavy atom. The van der Waals surface area contributed by atoms with Crippen LogP contribution in [0, 0.1) is 0 Å². The smallest absolute Gasteiger partial charge is 0.0473 e. The summed E-state index contributed by atoms with van der Waals surface area (Å²) in [5.41, 5.74) is 1.89. The van der Waals surface area contributed by atoms with E-state index in [0.717, 1.165) is 6.54 Å². The first-order valence-electron chi connectivity index (χ1n) is 8.37. The molecule has 20 heavy (non-hydrogen) atoms. The van der Waals surface area contributed by atoms with Crippen LogP contribution < -0.4 is 5.32 Å². The predicted octanol–water partition coefficient (Wildman–Crippen LogP) is 3.75. The number of nitrogens with zero attached hydrogens (tertiary/aromatic N) is 1. The van der Waals surface area contributed by atoms with Gasteiger partial charge in [-0.3, -0.25) is 4.90 Å². The third-order valence-electron chi connectivity index (χ3n) is 5.12. The van der Waals surface area contributed by atoms with Gasteiger partial charge in [0.2, 0.25) is 0 Å². The number of nitrogens with one attached hydrogen (secondary N) is 1. The quantitative estimate of drug-likeness (QED) is 0.901. The summed E-state index contributed by atoms with van der Waals surface area (Å²) in [5.74, 6) is 0. The lowest BCUT2D eigenvalue weighted by molar-refractivity contribution is 0.0553. The molecule has 1 aromatic carbocycles. The van der Waals surface area contributed by atoms with Gasteiger partial charge in [0.05, 0.1) is 0 Å². The summed E-state index contributed by atoms with van der Waals surface area (Å²) in [6.45, 7) is 5.88. The normalized spacial score (nSPS) is 26.8. The fourth-order valence-corrected chi connectivity index (χ4v) is 4.09. The number of benzene rings is 1. The Balaban J connectivity index is 1.76. The van der Waals surface area contributed by atoms with Gasteiger partial charge in [-0.2, -0.15) is 0 Å². The molecule has 1 spiro atoms. The minimum Gasteiger partial charge on any atom is -0.308 e. The molecule has 1 heterocycles. The van der Waals surface area contributed by atoms with Gasteiger partial charge in [-0.05, 0) is 31.4 Å². The van der Waals surface area contributed by atoms with Crippen molar-refractivity contribution in [2.45, 2.75) is 57.0 Å². The van der Waals surface area contributed by atoms with Gasteiger partial charge >= 0.3 is 0 Å². The van der Waals surface area contributed by atoms with Crippen molar-refractivity contribution in [1.82, 2.24) is 10.2 Å². The first-order valence-corrected chi connectivity index (χ1v) is 8.37. The average molecular weight is 272 g/mol. The van der Waals surface area contributed by atoms with Crippen LogP contribution in [-0.4, -0.2) is 30.1 Å². The summed E-state index contributed by atoms with van der Waals surface area (Å²) in [6, 6.07) is 11.6. The molecule has 0 bridgehead atoms. The van der Waals surface area contributed by atoms with Crippen LogP contribution in [0.15, 0.2) is 30.3 Å². The van der Waals surface area contributed by atoms with Gasteiger partial charge in [-0.1, -0.05) is 56.5 Å². The molecule has 1 saturated heterocycles. The lowest BCUT2D eigenvalue weighted by Crippen LogP contribution is -2.62. The molecular weight excluding hydrogens is 244 g/mol. The molecule has 2 fully saturated rings. The monoisotopic (exact) mass is 272 g/mol. The maximum absolute atomic E-state index is 3.93. The summed E-state index contributed by atoms with van der Waals surface area (Å²) in [5, 5.41) is 3.93. The fraction of sp³-hybridized carbons (Fsp3) is 0.667. The van der Waals surface area contributed by atoms with Crippen molar-refractivity contribution in [3.8, 4) is 0 Å². The van der Waals surface area contributed by atoms with Gasteiger partial charge in [-0.25, -0.2) is 0 Å². The van der Waals surface area contributed by atoms with Crippen molar-refractivity contribution >= 4 is 0 Å². The van der Waals surface area contributed by atoms with E-state index in [9.17, 15) is 0 Å². The van der Waals surface area contributed by atoms with E-state index in [0.29, 0.717) is 11.6 Å². The molecule has 1 aromatic rings. The number of hydrogen-bond acceptors (Lipinski definition) is 2. The van der Waals surface area contributed by atoms with Gasteiger partial charge < -0.3 is 5.32 Å². The Morgan fingerprint density at radius 2 is 1.90 bits per heavy atom. The molecule has 1 atom stereocenters. The highest BCUT2D eigenvalue weighted by atomic mass is 15.3. The van der Waals surface area contributed by atoms with Crippen molar-refractivity contribution in [2.75, 3.05) is 19.6 Å². The maximum atomic E-state index is 3.93. The van der Waals surface area contributed by atoms with Crippen molar-refractivity contribution in [2.24, 2.45) is 0 Å². The highest BCUT2D eigenvalue weighted by Gasteiger charge is 2.39. The van der Waals surface area contributed by atoms with Crippen LogP contribution in [-0.2, 0) is 0 Å². The standard InChI is InChI=1S/C18H28N2/c1-2-13-20-15-18(11-7-4-8-12-18)19-14-17(20)16-9-5-3-6-10-16/h3,5-6,9-10,17,19H,2,4,7-8,11-15H2,1H3. The van der Waals surface area contributed by atoms with Crippen LogP contribution in [0.25, 0.3) is 0 Å². The van der Waals surface area contributed by atoms with Gasteiger partial charge in [0, 0.05) is 24.7 Å². The van der Waals surface area contributed by atoms with E-state index in [1.54, 1.807) is 0 Å². The molecule has 0 aromatic heterocycles. The van der Waals surface area contributed by atoms with Crippen LogP contribution in [0.1, 0.15) is 57.1 Å². The Morgan fingerprint density at radius 3 is 2.60 bits per heavy atom. The Bertz CT molecular complexity index is 409. The first-order chi connectivity index (χ1) is 9.83. The van der Waals surface area contributed by atoms with Crippen molar-refractivity contribution in [3.05, 3.63) is 35.9 Å². The van der Waals surface area contributed by atoms with Crippen molar-refractivity contribution in [1.29, 1.82) is 0 Å². The zero-order valence-electron chi connectivity index (χ0n) is 12.8. The summed E-state index contributed by atoms with van der Waals surface area (Å²) >= 11 is 0. The minimum absolute atomic E-state index is 0.415. The third-order valence-corrected chi connectivity index (χ3v) is 5.12. The van der Waals surface area contributed by atoms with Gasteiger partial charge in [-0.15, -0.1) is 0 Å². The van der Waals surface area contributed by atoms with E-state index in [4.69, 9.17) is 0 Å².